The van der Waals surface area contributed by atoms with Crippen LogP contribution in [0.15, 0.2) is 47.5 Å². The van der Waals surface area contributed by atoms with Crippen LogP contribution in [-0.4, -0.2) is 60.1 Å². The summed E-state index contributed by atoms with van der Waals surface area (Å²) in [6.07, 6.45) is 0.764. The van der Waals surface area contributed by atoms with E-state index in [1.807, 2.05) is 12.1 Å². The predicted molar refractivity (Wildman–Crippen MR) is 126 cm³/mol. The molecule has 11 heteroatoms. The van der Waals surface area contributed by atoms with Crippen LogP contribution >= 0.6 is 0 Å². The third kappa shape index (κ3) is 4.99. The standard InChI is InChI=1S/C24H29F3N4O3S/c25-24(26,27)16-1-8-23(28-15-16)29-17-9-11-30(12-10-17)35(33,34)22-6-4-18(5-7-22)31-19-2-3-20(31)14-21(32)13-19/h1,4-8,15,17,19-21,32H,2-3,9-14H2,(H,28,29)/t19-,20+,21+. The van der Waals surface area contributed by atoms with Crippen molar-refractivity contribution in [2.24, 2.45) is 0 Å². The number of sulfonamides is 1. The van der Waals surface area contributed by atoms with Crippen LogP contribution in [0.25, 0.3) is 0 Å². The van der Waals surface area contributed by atoms with Crippen LogP contribution in [0.2, 0.25) is 0 Å². The van der Waals surface area contributed by atoms with Gasteiger partial charge >= 0.3 is 6.18 Å². The Kier molecular flexibility index (Phi) is 6.43. The highest BCUT2D eigenvalue weighted by atomic mass is 32.2. The number of hydrogen-bond acceptors (Lipinski definition) is 6. The fraction of sp³-hybridized carbons (Fsp3) is 0.542. The summed E-state index contributed by atoms with van der Waals surface area (Å²) < 4.78 is 66.0. The van der Waals surface area contributed by atoms with Crippen molar-refractivity contribution in [1.29, 1.82) is 0 Å². The van der Waals surface area contributed by atoms with E-state index in [0.717, 1.165) is 43.6 Å². The van der Waals surface area contributed by atoms with Crippen molar-refractivity contribution in [3.8, 4) is 0 Å². The van der Waals surface area contributed by atoms with Gasteiger partial charge in [-0.15, -0.1) is 0 Å². The molecule has 7 nitrogen and oxygen atoms in total. The third-order valence-corrected chi connectivity index (χ3v) is 9.29. The number of fused-ring (bicyclic) bond motifs is 2. The summed E-state index contributed by atoms with van der Waals surface area (Å²) in [5.74, 6) is 0.342. The molecule has 5 rings (SSSR count). The predicted octanol–water partition coefficient (Wildman–Crippen LogP) is 3.86. The van der Waals surface area contributed by atoms with Crippen LogP contribution in [0.1, 0.15) is 44.1 Å². The van der Waals surface area contributed by atoms with Gasteiger partial charge in [0.2, 0.25) is 10.0 Å². The summed E-state index contributed by atoms with van der Waals surface area (Å²) in [5, 5.41) is 13.1. The molecule has 2 N–H and O–H groups in total. The summed E-state index contributed by atoms with van der Waals surface area (Å²) >= 11 is 0. The number of anilines is 2. The molecule has 3 saturated heterocycles. The molecule has 0 unspecified atom stereocenters. The maximum absolute atomic E-state index is 13.2. The van der Waals surface area contributed by atoms with E-state index in [-0.39, 0.29) is 17.0 Å². The number of nitrogens with one attached hydrogen (secondary N) is 1. The molecular formula is C24H29F3N4O3S. The highest BCUT2D eigenvalue weighted by Crippen LogP contribution is 2.39. The number of pyridine rings is 1. The number of alkyl halides is 3. The van der Waals surface area contributed by atoms with Crippen LogP contribution in [-0.2, 0) is 16.2 Å². The van der Waals surface area contributed by atoms with Crippen LogP contribution in [0, 0.1) is 0 Å². The number of rotatable bonds is 5. The van der Waals surface area contributed by atoms with Gasteiger partial charge in [0.15, 0.2) is 0 Å². The zero-order chi connectivity index (χ0) is 24.8. The van der Waals surface area contributed by atoms with E-state index in [2.05, 4.69) is 15.2 Å². The lowest BCUT2D eigenvalue weighted by molar-refractivity contribution is -0.137. The first-order chi connectivity index (χ1) is 16.6. The molecule has 2 bridgehead atoms. The van der Waals surface area contributed by atoms with Gasteiger partial charge in [-0.2, -0.15) is 17.5 Å². The van der Waals surface area contributed by atoms with Gasteiger partial charge < -0.3 is 15.3 Å². The quantitative estimate of drug-likeness (QED) is 0.636. The second kappa shape index (κ2) is 9.25. The van der Waals surface area contributed by atoms with E-state index in [4.69, 9.17) is 0 Å². The Bertz CT molecular complexity index is 1120. The Labute approximate surface area is 203 Å². The zero-order valence-corrected chi connectivity index (χ0v) is 20.0. The molecule has 0 saturated carbocycles. The van der Waals surface area contributed by atoms with E-state index in [1.54, 1.807) is 12.1 Å². The molecule has 0 radical (unpaired) electrons. The molecule has 1 aromatic heterocycles. The second-order valence-corrected chi connectivity index (χ2v) is 11.6. The minimum absolute atomic E-state index is 0.0713. The number of halogens is 3. The lowest BCUT2D eigenvalue weighted by Crippen LogP contribution is -2.44. The van der Waals surface area contributed by atoms with Crippen molar-refractivity contribution >= 4 is 21.5 Å². The van der Waals surface area contributed by atoms with Gasteiger partial charge in [-0.3, -0.25) is 0 Å². The number of piperidine rings is 2. The Morgan fingerprint density at radius 2 is 1.57 bits per heavy atom. The lowest BCUT2D eigenvalue weighted by atomic mass is 9.99. The van der Waals surface area contributed by atoms with Gasteiger partial charge in [0.25, 0.3) is 0 Å². The van der Waals surface area contributed by atoms with Gasteiger partial charge in [0.1, 0.15) is 5.82 Å². The first kappa shape index (κ1) is 24.3. The molecular weight excluding hydrogens is 481 g/mol. The monoisotopic (exact) mass is 510 g/mol. The average Bonchev–Trinajstić information content (AvgIpc) is 3.10. The first-order valence-corrected chi connectivity index (χ1v) is 13.4. The Hall–Kier alpha value is -2.37. The van der Waals surface area contributed by atoms with Crippen molar-refractivity contribution in [2.45, 2.75) is 73.8 Å². The third-order valence-electron chi connectivity index (χ3n) is 7.38. The Balaban J connectivity index is 1.19. The van der Waals surface area contributed by atoms with Crippen LogP contribution in [0.4, 0.5) is 24.7 Å². The van der Waals surface area contributed by atoms with E-state index in [0.29, 0.717) is 43.8 Å². The minimum atomic E-state index is -4.43. The SMILES string of the molecule is O=S(=O)(c1ccc(N2[C@@H]3CC[C@H]2C[C@@H](O)C3)cc1)N1CCC(Nc2ccc(C(F)(F)F)cn2)CC1. The maximum atomic E-state index is 13.2. The number of aliphatic hydroxyl groups is 1. The topological polar surface area (TPSA) is 85.8 Å². The summed E-state index contributed by atoms with van der Waals surface area (Å²) in [6, 6.07) is 9.85. The number of aromatic nitrogens is 1. The average molecular weight is 511 g/mol. The highest BCUT2D eigenvalue weighted by molar-refractivity contribution is 7.89. The Morgan fingerprint density at radius 1 is 0.943 bits per heavy atom. The van der Waals surface area contributed by atoms with Gasteiger partial charge in [-0.05, 0) is 74.9 Å². The summed E-state index contributed by atoms with van der Waals surface area (Å²) in [4.78, 5) is 6.42. The smallest absolute Gasteiger partial charge is 0.393 e. The van der Waals surface area contributed by atoms with Crippen molar-refractivity contribution in [3.05, 3.63) is 48.2 Å². The summed E-state index contributed by atoms with van der Waals surface area (Å²) in [5.41, 5.74) is 0.191. The fourth-order valence-corrected chi connectivity index (χ4v) is 7.08. The molecule has 190 valence electrons. The first-order valence-electron chi connectivity index (χ1n) is 12.0. The van der Waals surface area contributed by atoms with Gasteiger partial charge in [0.05, 0.1) is 16.6 Å². The molecule has 0 spiro atoms. The maximum Gasteiger partial charge on any atom is 0.417 e. The largest absolute Gasteiger partial charge is 0.417 e. The van der Waals surface area contributed by atoms with Crippen LogP contribution in [0.3, 0.4) is 0 Å². The molecule has 2 aromatic rings. The molecule has 3 aliphatic rings. The second-order valence-electron chi connectivity index (χ2n) is 9.66. The van der Waals surface area contributed by atoms with Crippen molar-refractivity contribution < 1.29 is 26.7 Å². The number of aliphatic hydroxyl groups excluding tert-OH is 1. The van der Waals surface area contributed by atoms with E-state index in [1.165, 1.54) is 10.4 Å². The number of hydrogen-bond donors (Lipinski definition) is 2. The fourth-order valence-electron chi connectivity index (χ4n) is 5.61. The van der Waals surface area contributed by atoms with E-state index >= 15 is 0 Å². The van der Waals surface area contributed by atoms with Gasteiger partial charge in [-0.1, -0.05) is 0 Å². The van der Waals surface area contributed by atoms with Gasteiger partial charge in [-0.25, -0.2) is 13.4 Å². The normalized spacial score (nSPS) is 26.2. The molecule has 3 aliphatic heterocycles. The van der Waals surface area contributed by atoms with Crippen molar-refractivity contribution in [3.63, 3.8) is 0 Å². The number of benzene rings is 1. The van der Waals surface area contributed by atoms with E-state index in [9.17, 15) is 26.7 Å². The molecule has 4 heterocycles. The zero-order valence-electron chi connectivity index (χ0n) is 19.2. The molecule has 0 aliphatic carbocycles. The van der Waals surface area contributed by atoms with Crippen LogP contribution < -0.4 is 10.2 Å². The molecule has 3 atom stereocenters. The van der Waals surface area contributed by atoms with Gasteiger partial charge in [0, 0.05) is 43.1 Å². The minimum Gasteiger partial charge on any atom is -0.393 e. The summed E-state index contributed by atoms with van der Waals surface area (Å²) in [6.45, 7) is 0.632. The van der Waals surface area contributed by atoms with Crippen LogP contribution in [0.5, 0.6) is 0 Å². The Morgan fingerprint density at radius 3 is 2.11 bits per heavy atom. The molecule has 3 fully saturated rings. The highest BCUT2D eigenvalue weighted by Gasteiger charge is 2.40. The van der Waals surface area contributed by atoms with E-state index < -0.39 is 21.8 Å². The molecule has 35 heavy (non-hydrogen) atoms. The molecule has 0 amide bonds. The summed E-state index contributed by atoms with van der Waals surface area (Å²) in [7, 11) is -3.64. The van der Waals surface area contributed by atoms with Crippen molar-refractivity contribution in [1.82, 2.24) is 9.29 Å². The van der Waals surface area contributed by atoms with Crippen molar-refractivity contribution in [2.75, 3.05) is 23.3 Å². The molecule has 1 aromatic carbocycles. The lowest BCUT2D eigenvalue weighted by Gasteiger charge is -2.39. The number of nitrogens with zero attached hydrogens (tertiary/aromatic N) is 3.